The van der Waals surface area contributed by atoms with Gasteiger partial charge >= 0.3 is 0 Å². The van der Waals surface area contributed by atoms with Gasteiger partial charge in [0.05, 0.1) is 12.3 Å². The van der Waals surface area contributed by atoms with Gasteiger partial charge in [0.1, 0.15) is 0 Å². The second-order valence-electron chi connectivity index (χ2n) is 2.68. The molecule has 1 saturated heterocycles. The van der Waals surface area contributed by atoms with Crippen LogP contribution in [0.25, 0.3) is 0 Å². The second kappa shape index (κ2) is 2.64. The van der Waals surface area contributed by atoms with Gasteiger partial charge in [-0.2, -0.15) is 0 Å². The normalized spacial score (nSPS) is 33.0. The number of likely N-dealkylation sites (tertiary alicyclic amines) is 1. The summed E-state index contributed by atoms with van der Waals surface area (Å²) in [4.78, 5) is 2.07. The minimum Gasteiger partial charge on any atom is -0.392 e. The molecule has 0 aliphatic carbocycles. The Morgan fingerprint density at radius 3 is 2.67 bits per heavy atom. The molecule has 0 radical (unpaired) electrons. The van der Waals surface area contributed by atoms with Crippen molar-refractivity contribution in [2.45, 2.75) is 25.6 Å². The first kappa shape index (κ1) is 6.99. The lowest BCUT2D eigenvalue weighted by Crippen LogP contribution is -2.38. The Bertz CT molecular complexity index is 95.1. The molecule has 2 unspecified atom stereocenters. The Kier molecular flexibility index (Phi) is 2.05. The predicted octanol–water partition coefficient (Wildman–Crippen LogP) is -0.642. The lowest BCUT2D eigenvalue weighted by molar-refractivity contribution is 0.164. The zero-order valence-corrected chi connectivity index (χ0v) is 5.75. The largest absolute Gasteiger partial charge is 0.392 e. The molecule has 1 fully saturated rings. The number of nitrogens with zero attached hydrogens (tertiary/aromatic N) is 1. The van der Waals surface area contributed by atoms with Gasteiger partial charge in [-0.05, 0) is 13.3 Å². The number of hydrogen-bond acceptors (Lipinski definition) is 3. The summed E-state index contributed by atoms with van der Waals surface area (Å²) in [5.41, 5.74) is 5.57. The monoisotopic (exact) mass is 130 g/mol. The van der Waals surface area contributed by atoms with E-state index in [0.29, 0.717) is 0 Å². The zero-order chi connectivity index (χ0) is 6.85. The van der Waals surface area contributed by atoms with E-state index in [9.17, 15) is 0 Å². The van der Waals surface area contributed by atoms with E-state index in [1.165, 1.54) is 0 Å². The van der Waals surface area contributed by atoms with Crippen LogP contribution in [-0.4, -0.2) is 35.4 Å². The maximum atomic E-state index is 9.05. The minimum absolute atomic E-state index is 0.0992. The number of hydrogen-bond donors (Lipinski definition) is 2. The highest BCUT2D eigenvalue weighted by Gasteiger charge is 2.21. The lowest BCUT2D eigenvalue weighted by Gasteiger charge is -2.18. The third kappa shape index (κ3) is 1.64. The van der Waals surface area contributed by atoms with E-state index in [4.69, 9.17) is 10.8 Å². The quantitative estimate of drug-likeness (QED) is 0.496. The molecule has 0 spiro atoms. The topological polar surface area (TPSA) is 49.5 Å². The fourth-order valence-corrected chi connectivity index (χ4v) is 1.14. The van der Waals surface area contributed by atoms with Gasteiger partial charge < -0.3 is 10.8 Å². The second-order valence-corrected chi connectivity index (χ2v) is 2.68. The molecule has 1 rings (SSSR count). The Balaban J connectivity index is 2.30. The Hall–Kier alpha value is -0.120. The van der Waals surface area contributed by atoms with Gasteiger partial charge in [0.15, 0.2) is 0 Å². The maximum absolute atomic E-state index is 9.05. The van der Waals surface area contributed by atoms with E-state index in [-0.39, 0.29) is 12.3 Å². The number of aliphatic hydroxyl groups is 1. The number of rotatable bonds is 1. The molecule has 0 aromatic rings. The molecule has 2 atom stereocenters. The average molecular weight is 130 g/mol. The summed E-state index contributed by atoms with van der Waals surface area (Å²) in [6.07, 6.45) is 0.833. The molecule has 0 amide bonds. The molecular weight excluding hydrogens is 116 g/mol. The van der Waals surface area contributed by atoms with Crippen LogP contribution in [0, 0.1) is 0 Å². The molecule has 0 aromatic carbocycles. The van der Waals surface area contributed by atoms with Crippen molar-refractivity contribution in [1.82, 2.24) is 4.90 Å². The molecule has 0 aromatic heterocycles. The zero-order valence-electron chi connectivity index (χ0n) is 5.75. The highest BCUT2D eigenvalue weighted by Crippen LogP contribution is 2.08. The van der Waals surface area contributed by atoms with Crippen LogP contribution < -0.4 is 5.73 Å². The molecule has 1 aliphatic heterocycles. The van der Waals surface area contributed by atoms with Crippen molar-refractivity contribution in [2.75, 3.05) is 13.1 Å². The molecular formula is C6H14N2O. The molecule has 54 valence electrons. The van der Waals surface area contributed by atoms with Gasteiger partial charge in [-0.3, -0.25) is 4.90 Å². The molecule has 3 N–H and O–H groups in total. The van der Waals surface area contributed by atoms with Crippen LogP contribution >= 0.6 is 0 Å². The molecule has 0 saturated carbocycles. The number of aliphatic hydroxyl groups excluding tert-OH is 1. The van der Waals surface area contributed by atoms with Crippen molar-refractivity contribution in [1.29, 1.82) is 0 Å². The van der Waals surface area contributed by atoms with Crippen LogP contribution in [0.15, 0.2) is 0 Å². The first-order chi connectivity index (χ1) is 4.20. The Labute approximate surface area is 55.5 Å². The van der Waals surface area contributed by atoms with Crippen LogP contribution in [0.1, 0.15) is 13.3 Å². The number of nitrogens with two attached hydrogens (primary N) is 1. The van der Waals surface area contributed by atoms with Gasteiger partial charge in [-0.25, -0.2) is 0 Å². The van der Waals surface area contributed by atoms with E-state index in [2.05, 4.69) is 4.90 Å². The third-order valence-corrected chi connectivity index (χ3v) is 1.77. The standard InChI is InChI=1S/C6H14N2O/c1-5(7)8-3-2-6(9)4-8/h5-6,9H,2-4,7H2,1H3. The van der Waals surface area contributed by atoms with E-state index in [1.54, 1.807) is 0 Å². The summed E-state index contributed by atoms with van der Waals surface area (Å²) in [5, 5.41) is 9.05. The predicted molar refractivity (Wildman–Crippen MR) is 35.8 cm³/mol. The van der Waals surface area contributed by atoms with Gasteiger partial charge in [-0.15, -0.1) is 0 Å². The smallest absolute Gasteiger partial charge is 0.0679 e. The summed E-state index contributed by atoms with van der Waals surface area (Å²) in [6.45, 7) is 3.63. The van der Waals surface area contributed by atoms with Crippen LogP contribution in [0.2, 0.25) is 0 Å². The molecule has 1 aliphatic rings. The van der Waals surface area contributed by atoms with Gasteiger partial charge in [0.2, 0.25) is 0 Å². The van der Waals surface area contributed by atoms with Crippen LogP contribution in [0.4, 0.5) is 0 Å². The van der Waals surface area contributed by atoms with E-state index < -0.39 is 0 Å². The van der Waals surface area contributed by atoms with Crippen molar-refractivity contribution < 1.29 is 5.11 Å². The maximum Gasteiger partial charge on any atom is 0.0679 e. The number of β-amino-alcohol motifs (C(OH)–C–C–N with tert-alkyl or cyclic N) is 1. The first-order valence-corrected chi connectivity index (χ1v) is 3.38. The minimum atomic E-state index is -0.143. The summed E-state index contributed by atoms with van der Waals surface area (Å²) >= 11 is 0. The van der Waals surface area contributed by atoms with Crippen LogP contribution in [0.5, 0.6) is 0 Å². The molecule has 3 nitrogen and oxygen atoms in total. The molecule has 9 heavy (non-hydrogen) atoms. The van der Waals surface area contributed by atoms with Gasteiger partial charge in [-0.1, -0.05) is 0 Å². The van der Waals surface area contributed by atoms with Crippen LogP contribution in [-0.2, 0) is 0 Å². The van der Waals surface area contributed by atoms with Crippen molar-refractivity contribution >= 4 is 0 Å². The highest BCUT2D eigenvalue weighted by atomic mass is 16.3. The fraction of sp³-hybridized carbons (Fsp3) is 1.00. The van der Waals surface area contributed by atoms with E-state index in [1.807, 2.05) is 6.92 Å². The average Bonchev–Trinajstić information content (AvgIpc) is 2.14. The molecule has 1 heterocycles. The Morgan fingerprint density at radius 1 is 1.78 bits per heavy atom. The summed E-state index contributed by atoms with van der Waals surface area (Å²) in [5.74, 6) is 0. The Morgan fingerprint density at radius 2 is 2.44 bits per heavy atom. The third-order valence-electron chi connectivity index (χ3n) is 1.77. The van der Waals surface area contributed by atoms with Crippen molar-refractivity contribution in [3.05, 3.63) is 0 Å². The van der Waals surface area contributed by atoms with Crippen molar-refractivity contribution in [2.24, 2.45) is 5.73 Å². The molecule has 3 heteroatoms. The lowest BCUT2D eigenvalue weighted by atomic mass is 10.3. The SMILES string of the molecule is CC(N)N1CCC(O)C1. The van der Waals surface area contributed by atoms with E-state index in [0.717, 1.165) is 19.5 Å². The highest BCUT2D eigenvalue weighted by molar-refractivity contribution is 4.75. The summed E-state index contributed by atoms with van der Waals surface area (Å²) < 4.78 is 0. The van der Waals surface area contributed by atoms with Crippen LogP contribution in [0.3, 0.4) is 0 Å². The summed E-state index contributed by atoms with van der Waals surface area (Å²) in [7, 11) is 0. The van der Waals surface area contributed by atoms with Gasteiger partial charge in [0, 0.05) is 13.1 Å². The first-order valence-electron chi connectivity index (χ1n) is 3.38. The van der Waals surface area contributed by atoms with E-state index >= 15 is 0 Å². The fourth-order valence-electron chi connectivity index (χ4n) is 1.14. The summed E-state index contributed by atoms with van der Waals surface area (Å²) in [6, 6.07) is 0. The van der Waals surface area contributed by atoms with Crippen molar-refractivity contribution in [3.8, 4) is 0 Å². The van der Waals surface area contributed by atoms with Gasteiger partial charge in [0.25, 0.3) is 0 Å². The molecule has 0 bridgehead atoms. The van der Waals surface area contributed by atoms with Crippen molar-refractivity contribution in [3.63, 3.8) is 0 Å².